The molecule has 6 heteroatoms. The zero-order valence-electron chi connectivity index (χ0n) is 14.9. The van der Waals surface area contributed by atoms with Gasteiger partial charge in [0.05, 0.1) is 16.7 Å². The van der Waals surface area contributed by atoms with Gasteiger partial charge in [0.2, 0.25) is 0 Å². The van der Waals surface area contributed by atoms with Gasteiger partial charge in [-0.3, -0.25) is 9.59 Å². The van der Waals surface area contributed by atoms with E-state index in [-0.39, 0.29) is 23.8 Å². The number of H-pyrrole nitrogens is 1. The molecule has 4 aromatic rings. The lowest BCUT2D eigenvalue weighted by Crippen LogP contribution is -2.21. The third kappa shape index (κ3) is 3.76. The van der Waals surface area contributed by atoms with Crippen LogP contribution in [0, 0.1) is 0 Å². The zero-order chi connectivity index (χ0) is 19.3. The Hall–Kier alpha value is -3.93. The Labute approximate surface area is 160 Å². The fraction of sp³-hybridized carbons (Fsp3) is 0.0455. The fourth-order valence-electron chi connectivity index (χ4n) is 2.86. The van der Waals surface area contributed by atoms with E-state index in [1.165, 1.54) is 0 Å². The van der Waals surface area contributed by atoms with E-state index in [0.717, 1.165) is 0 Å². The van der Waals surface area contributed by atoms with Gasteiger partial charge in [-0.2, -0.15) is 0 Å². The second-order valence-corrected chi connectivity index (χ2v) is 6.13. The van der Waals surface area contributed by atoms with Crippen LogP contribution < -0.4 is 15.6 Å². The minimum Gasteiger partial charge on any atom is -0.484 e. The Morgan fingerprint density at radius 2 is 1.64 bits per heavy atom. The maximum Gasteiger partial charge on any atom is 0.275 e. The van der Waals surface area contributed by atoms with Crippen LogP contribution in [0.1, 0.15) is 0 Å². The lowest BCUT2D eigenvalue weighted by Gasteiger charge is -2.11. The first-order valence-corrected chi connectivity index (χ1v) is 8.77. The van der Waals surface area contributed by atoms with Gasteiger partial charge in [0.25, 0.3) is 11.5 Å². The van der Waals surface area contributed by atoms with Gasteiger partial charge in [0.15, 0.2) is 6.61 Å². The van der Waals surface area contributed by atoms with E-state index >= 15 is 0 Å². The van der Waals surface area contributed by atoms with Crippen molar-refractivity contribution in [2.24, 2.45) is 0 Å². The number of carbonyl (C=O) groups is 1. The standard InChI is InChI=1S/C22H17N3O3/c26-20(14-28-15-8-2-1-3-9-15)23-17-11-5-4-10-16(17)21-22(27)25-19-13-7-6-12-18(19)24-21/h1-13H,14H2,(H,23,26)(H,25,27). The summed E-state index contributed by atoms with van der Waals surface area (Å²) in [6.45, 7) is -0.139. The lowest BCUT2D eigenvalue weighted by molar-refractivity contribution is -0.118. The van der Waals surface area contributed by atoms with Crippen molar-refractivity contribution >= 4 is 22.6 Å². The average Bonchev–Trinajstić information content (AvgIpc) is 2.73. The molecule has 6 nitrogen and oxygen atoms in total. The van der Waals surface area contributed by atoms with Gasteiger partial charge >= 0.3 is 0 Å². The molecule has 2 N–H and O–H groups in total. The summed E-state index contributed by atoms with van der Waals surface area (Å²) in [5.74, 6) is 0.284. The highest BCUT2D eigenvalue weighted by Gasteiger charge is 2.14. The van der Waals surface area contributed by atoms with Crippen molar-refractivity contribution in [3.63, 3.8) is 0 Å². The van der Waals surface area contributed by atoms with Gasteiger partial charge in [0, 0.05) is 5.56 Å². The van der Waals surface area contributed by atoms with E-state index in [1.807, 2.05) is 36.4 Å². The highest BCUT2D eigenvalue weighted by molar-refractivity contribution is 5.96. The molecule has 0 aliphatic heterocycles. The predicted octanol–water partition coefficient (Wildman–Crippen LogP) is 3.61. The maximum atomic E-state index is 12.5. The predicted molar refractivity (Wildman–Crippen MR) is 108 cm³/mol. The second-order valence-electron chi connectivity index (χ2n) is 6.13. The molecule has 0 fully saturated rings. The van der Waals surface area contributed by atoms with E-state index < -0.39 is 0 Å². The summed E-state index contributed by atoms with van der Waals surface area (Å²) in [5.41, 5.74) is 2.30. The zero-order valence-corrected chi connectivity index (χ0v) is 14.9. The summed E-state index contributed by atoms with van der Waals surface area (Å²) in [4.78, 5) is 32.2. The first kappa shape index (κ1) is 17.5. The number of nitrogens with one attached hydrogen (secondary N) is 2. The third-order valence-electron chi connectivity index (χ3n) is 4.17. The molecule has 0 radical (unpaired) electrons. The Balaban J connectivity index is 1.60. The van der Waals surface area contributed by atoms with Crippen LogP contribution in [0.3, 0.4) is 0 Å². The molecule has 0 saturated heterocycles. The largest absolute Gasteiger partial charge is 0.484 e. The molecule has 1 aromatic heterocycles. The van der Waals surface area contributed by atoms with E-state index in [9.17, 15) is 9.59 Å². The molecule has 1 heterocycles. The van der Waals surface area contributed by atoms with Crippen LogP contribution in [0.2, 0.25) is 0 Å². The number of ether oxygens (including phenoxy) is 1. The fourth-order valence-corrected chi connectivity index (χ4v) is 2.86. The summed E-state index contributed by atoms with van der Waals surface area (Å²) < 4.78 is 5.47. The number of para-hydroxylation sites is 4. The molecular weight excluding hydrogens is 354 g/mol. The van der Waals surface area contributed by atoms with Gasteiger partial charge in [-0.05, 0) is 30.3 Å². The quantitative estimate of drug-likeness (QED) is 0.561. The van der Waals surface area contributed by atoms with Gasteiger partial charge in [-0.15, -0.1) is 0 Å². The number of nitrogens with zero attached hydrogens (tertiary/aromatic N) is 1. The minimum absolute atomic E-state index is 0.139. The molecule has 0 unspecified atom stereocenters. The van der Waals surface area contributed by atoms with Crippen molar-refractivity contribution < 1.29 is 9.53 Å². The molecule has 0 aliphatic carbocycles. The number of fused-ring (bicyclic) bond motifs is 1. The molecule has 0 bridgehead atoms. The molecular formula is C22H17N3O3. The maximum absolute atomic E-state index is 12.5. The first-order chi connectivity index (χ1) is 13.7. The number of benzene rings is 3. The van der Waals surface area contributed by atoms with Crippen LogP contribution in [0.4, 0.5) is 5.69 Å². The van der Waals surface area contributed by atoms with Crippen LogP contribution in [-0.2, 0) is 4.79 Å². The lowest BCUT2D eigenvalue weighted by atomic mass is 10.1. The number of hydrogen-bond acceptors (Lipinski definition) is 4. The van der Waals surface area contributed by atoms with Gasteiger partial charge in [0.1, 0.15) is 11.4 Å². The average molecular weight is 371 g/mol. The number of aromatic nitrogens is 2. The number of hydrogen-bond donors (Lipinski definition) is 2. The van der Waals surface area contributed by atoms with Crippen LogP contribution in [0.25, 0.3) is 22.3 Å². The van der Waals surface area contributed by atoms with Crippen LogP contribution in [0.5, 0.6) is 5.75 Å². The monoisotopic (exact) mass is 371 g/mol. The Morgan fingerprint density at radius 3 is 2.50 bits per heavy atom. The normalized spacial score (nSPS) is 10.6. The van der Waals surface area contributed by atoms with Crippen LogP contribution >= 0.6 is 0 Å². The minimum atomic E-state index is -0.325. The first-order valence-electron chi connectivity index (χ1n) is 8.77. The van der Waals surface area contributed by atoms with E-state index in [1.54, 1.807) is 42.5 Å². The van der Waals surface area contributed by atoms with Crippen molar-refractivity contribution in [2.45, 2.75) is 0 Å². The molecule has 0 saturated carbocycles. The SMILES string of the molecule is O=C(COc1ccccc1)Nc1ccccc1-c1nc2ccccc2[nH]c1=O. The molecule has 0 atom stereocenters. The second kappa shape index (κ2) is 7.75. The van der Waals surface area contributed by atoms with E-state index in [2.05, 4.69) is 15.3 Å². The summed E-state index contributed by atoms with van der Waals surface area (Å²) in [6, 6.07) is 23.5. The molecule has 138 valence electrons. The van der Waals surface area contributed by atoms with E-state index in [0.29, 0.717) is 28.0 Å². The molecule has 4 rings (SSSR count). The van der Waals surface area contributed by atoms with Crippen molar-refractivity contribution in [3.8, 4) is 17.0 Å². The van der Waals surface area contributed by atoms with Crippen molar-refractivity contribution in [2.75, 3.05) is 11.9 Å². The van der Waals surface area contributed by atoms with E-state index in [4.69, 9.17) is 4.74 Å². The summed E-state index contributed by atoms with van der Waals surface area (Å²) in [5, 5.41) is 2.80. The number of carbonyl (C=O) groups excluding carboxylic acids is 1. The van der Waals surface area contributed by atoms with Gasteiger partial charge in [-0.1, -0.05) is 48.5 Å². The summed E-state index contributed by atoms with van der Waals surface area (Å²) in [6.07, 6.45) is 0. The molecule has 28 heavy (non-hydrogen) atoms. The number of aromatic amines is 1. The van der Waals surface area contributed by atoms with Crippen molar-refractivity contribution in [1.29, 1.82) is 0 Å². The number of rotatable bonds is 5. The van der Waals surface area contributed by atoms with Gasteiger partial charge < -0.3 is 15.0 Å². The Morgan fingerprint density at radius 1 is 0.929 bits per heavy atom. The third-order valence-corrected chi connectivity index (χ3v) is 4.17. The molecule has 1 amide bonds. The Kier molecular flexibility index (Phi) is 4.84. The summed E-state index contributed by atoms with van der Waals surface area (Å²) in [7, 11) is 0. The Bertz CT molecular complexity index is 1190. The molecule has 0 aliphatic rings. The highest BCUT2D eigenvalue weighted by atomic mass is 16.5. The van der Waals surface area contributed by atoms with Crippen LogP contribution in [-0.4, -0.2) is 22.5 Å². The number of anilines is 1. The van der Waals surface area contributed by atoms with Crippen molar-refractivity contribution in [1.82, 2.24) is 9.97 Å². The van der Waals surface area contributed by atoms with Crippen LogP contribution in [0.15, 0.2) is 83.7 Å². The van der Waals surface area contributed by atoms with Gasteiger partial charge in [-0.25, -0.2) is 4.98 Å². The summed E-state index contributed by atoms with van der Waals surface area (Å²) >= 11 is 0. The molecule has 3 aromatic carbocycles. The smallest absolute Gasteiger partial charge is 0.275 e. The van der Waals surface area contributed by atoms with Crippen molar-refractivity contribution in [3.05, 3.63) is 89.2 Å². The molecule has 0 spiro atoms. The topological polar surface area (TPSA) is 84.1 Å². The highest BCUT2D eigenvalue weighted by Crippen LogP contribution is 2.25. The number of amides is 1.